The summed E-state index contributed by atoms with van der Waals surface area (Å²) in [7, 11) is 0. The lowest BCUT2D eigenvalue weighted by molar-refractivity contribution is -0.134. The van der Waals surface area contributed by atoms with Crippen LogP contribution in [-0.2, 0) is 11.2 Å². The first-order valence-corrected chi connectivity index (χ1v) is 12.1. The fraction of sp³-hybridized carbons (Fsp3) is 0.280. The second-order valence-electron chi connectivity index (χ2n) is 7.73. The van der Waals surface area contributed by atoms with Gasteiger partial charge < -0.3 is 9.80 Å². The van der Waals surface area contributed by atoms with Crippen LogP contribution in [0.3, 0.4) is 0 Å². The summed E-state index contributed by atoms with van der Waals surface area (Å²) in [6, 6.07) is 17.6. The summed E-state index contributed by atoms with van der Waals surface area (Å²) in [5.74, 6) is -0.145. The Kier molecular flexibility index (Phi) is 6.58. The molecule has 0 saturated heterocycles. The monoisotopic (exact) mass is 496 g/mol. The van der Waals surface area contributed by atoms with Gasteiger partial charge in [-0.05, 0) is 66.6 Å². The molecule has 0 saturated carbocycles. The number of carbonyl (C=O) groups is 2. The van der Waals surface area contributed by atoms with E-state index in [1.165, 1.54) is 16.0 Å². The number of halogens is 1. The molecule has 1 atom stereocenters. The van der Waals surface area contributed by atoms with Gasteiger partial charge in [-0.1, -0.05) is 46.3 Å². The van der Waals surface area contributed by atoms with Crippen LogP contribution < -0.4 is 0 Å². The van der Waals surface area contributed by atoms with Crippen LogP contribution in [0.4, 0.5) is 0 Å². The van der Waals surface area contributed by atoms with Crippen LogP contribution in [-0.4, -0.2) is 41.2 Å². The van der Waals surface area contributed by atoms with Crippen molar-refractivity contribution in [2.24, 2.45) is 0 Å². The van der Waals surface area contributed by atoms with Crippen LogP contribution in [0.25, 0.3) is 0 Å². The van der Waals surface area contributed by atoms with Gasteiger partial charge in [0.2, 0.25) is 5.91 Å². The molecule has 4 nitrogen and oxygen atoms in total. The molecular formula is C25H25BrN2O2S. The van der Waals surface area contributed by atoms with Crippen LogP contribution in [0.15, 0.2) is 64.5 Å². The van der Waals surface area contributed by atoms with E-state index in [2.05, 4.69) is 46.4 Å². The summed E-state index contributed by atoms with van der Waals surface area (Å²) in [5.41, 5.74) is 4.11. The predicted octanol–water partition coefficient (Wildman–Crippen LogP) is 5.46. The third-order valence-corrected chi connectivity index (χ3v) is 7.33. The molecule has 2 amide bonds. The number of fused-ring (bicyclic) bond motifs is 1. The fourth-order valence-electron chi connectivity index (χ4n) is 4.20. The number of nitrogens with zero attached hydrogens (tertiary/aromatic N) is 2. The van der Waals surface area contributed by atoms with Gasteiger partial charge in [0.1, 0.15) is 6.54 Å². The van der Waals surface area contributed by atoms with Crippen molar-refractivity contribution in [1.82, 2.24) is 9.80 Å². The summed E-state index contributed by atoms with van der Waals surface area (Å²) in [4.78, 5) is 31.5. The zero-order chi connectivity index (χ0) is 22.0. The molecule has 2 aromatic carbocycles. The van der Waals surface area contributed by atoms with E-state index in [4.69, 9.17) is 0 Å². The zero-order valence-electron chi connectivity index (χ0n) is 17.7. The standard InChI is InChI=1S/C25H25BrN2O2S/c1-3-27(25(30)18-8-6-9-19(26)15-18)16-23(29)28-13-11-22-21(12-14-31-22)24(28)20-10-5-4-7-17(20)2/h4-10,12,14-15,24H,3,11,13,16H2,1-2H3. The minimum absolute atomic E-state index is 0.0182. The van der Waals surface area contributed by atoms with Crippen molar-refractivity contribution in [2.45, 2.75) is 26.3 Å². The Morgan fingerprint density at radius 3 is 2.68 bits per heavy atom. The van der Waals surface area contributed by atoms with Crippen molar-refractivity contribution in [3.8, 4) is 0 Å². The molecule has 3 aromatic rings. The lowest BCUT2D eigenvalue weighted by Gasteiger charge is -2.38. The molecule has 4 rings (SSSR count). The van der Waals surface area contributed by atoms with Gasteiger partial charge >= 0.3 is 0 Å². The van der Waals surface area contributed by atoms with E-state index in [0.29, 0.717) is 18.7 Å². The van der Waals surface area contributed by atoms with Crippen LogP contribution in [0.5, 0.6) is 0 Å². The number of aryl methyl sites for hydroxylation is 1. The second kappa shape index (κ2) is 9.37. The average Bonchev–Trinajstić information content (AvgIpc) is 3.25. The molecule has 1 unspecified atom stereocenters. The third kappa shape index (κ3) is 4.46. The van der Waals surface area contributed by atoms with Gasteiger partial charge in [-0.3, -0.25) is 9.59 Å². The van der Waals surface area contributed by atoms with Crippen molar-refractivity contribution < 1.29 is 9.59 Å². The number of carbonyl (C=O) groups excluding carboxylic acids is 2. The highest BCUT2D eigenvalue weighted by Crippen LogP contribution is 2.39. The predicted molar refractivity (Wildman–Crippen MR) is 128 cm³/mol. The Morgan fingerprint density at radius 2 is 1.94 bits per heavy atom. The highest BCUT2D eigenvalue weighted by atomic mass is 79.9. The minimum Gasteiger partial charge on any atom is -0.330 e. The van der Waals surface area contributed by atoms with E-state index in [-0.39, 0.29) is 24.4 Å². The molecule has 0 spiro atoms. The van der Waals surface area contributed by atoms with Crippen molar-refractivity contribution in [3.63, 3.8) is 0 Å². The Morgan fingerprint density at radius 1 is 1.13 bits per heavy atom. The molecule has 0 fully saturated rings. The molecule has 31 heavy (non-hydrogen) atoms. The molecule has 0 N–H and O–H groups in total. The third-order valence-electron chi connectivity index (χ3n) is 5.84. The molecule has 0 aliphatic carbocycles. The average molecular weight is 497 g/mol. The normalized spacial score (nSPS) is 15.5. The van der Waals surface area contributed by atoms with Crippen molar-refractivity contribution >= 4 is 39.1 Å². The number of likely N-dealkylation sites (N-methyl/N-ethyl adjacent to an activating group) is 1. The summed E-state index contributed by atoms with van der Waals surface area (Å²) >= 11 is 5.18. The minimum atomic E-state index is -0.127. The van der Waals surface area contributed by atoms with E-state index in [0.717, 1.165) is 16.5 Å². The number of hydrogen-bond donors (Lipinski definition) is 0. The van der Waals surface area contributed by atoms with Crippen LogP contribution in [0.2, 0.25) is 0 Å². The van der Waals surface area contributed by atoms with E-state index < -0.39 is 0 Å². The maximum absolute atomic E-state index is 13.5. The summed E-state index contributed by atoms with van der Waals surface area (Å²) in [6.45, 7) is 5.21. The highest BCUT2D eigenvalue weighted by Gasteiger charge is 2.34. The van der Waals surface area contributed by atoms with Crippen molar-refractivity contribution in [2.75, 3.05) is 19.6 Å². The molecule has 6 heteroatoms. The number of benzene rings is 2. The molecule has 1 aromatic heterocycles. The van der Waals surface area contributed by atoms with E-state index in [1.807, 2.05) is 36.1 Å². The Balaban J connectivity index is 1.62. The van der Waals surface area contributed by atoms with Gasteiger partial charge in [0.15, 0.2) is 0 Å². The first-order valence-electron chi connectivity index (χ1n) is 10.5. The first kappa shape index (κ1) is 21.8. The highest BCUT2D eigenvalue weighted by molar-refractivity contribution is 9.10. The number of hydrogen-bond acceptors (Lipinski definition) is 3. The Bertz CT molecular complexity index is 1110. The summed E-state index contributed by atoms with van der Waals surface area (Å²) < 4.78 is 0.848. The molecule has 0 radical (unpaired) electrons. The van der Waals surface area contributed by atoms with Gasteiger partial charge in [0.05, 0.1) is 6.04 Å². The largest absolute Gasteiger partial charge is 0.330 e. The summed E-state index contributed by atoms with van der Waals surface area (Å²) in [5, 5.41) is 2.11. The maximum atomic E-state index is 13.5. The maximum Gasteiger partial charge on any atom is 0.254 e. The SMILES string of the molecule is CCN(CC(=O)N1CCc2sccc2C1c1ccccc1C)C(=O)c1cccc(Br)c1. The molecule has 2 heterocycles. The Hall–Kier alpha value is -2.44. The molecule has 0 bridgehead atoms. The zero-order valence-corrected chi connectivity index (χ0v) is 20.1. The van der Waals surface area contributed by atoms with Gasteiger partial charge in [-0.2, -0.15) is 0 Å². The smallest absolute Gasteiger partial charge is 0.254 e. The Labute approximate surface area is 195 Å². The van der Waals surface area contributed by atoms with Gasteiger partial charge in [0, 0.05) is 28.0 Å². The molecule has 160 valence electrons. The van der Waals surface area contributed by atoms with Gasteiger partial charge in [-0.25, -0.2) is 0 Å². The van der Waals surface area contributed by atoms with Gasteiger partial charge in [-0.15, -0.1) is 11.3 Å². The molecule has 1 aliphatic rings. The number of thiophene rings is 1. The van der Waals surface area contributed by atoms with Crippen LogP contribution in [0, 0.1) is 6.92 Å². The summed E-state index contributed by atoms with van der Waals surface area (Å²) in [6.07, 6.45) is 0.854. The van der Waals surface area contributed by atoms with Crippen LogP contribution in [0.1, 0.15) is 44.9 Å². The van der Waals surface area contributed by atoms with Gasteiger partial charge in [0.25, 0.3) is 5.91 Å². The van der Waals surface area contributed by atoms with E-state index in [1.54, 1.807) is 28.4 Å². The number of amides is 2. The lowest BCUT2D eigenvalue weighted by Crippen LogP contribution is -2.46. The van der Waals surface area contributed by atoms with Crippen LogP contribution >= 0.6 is 27.3 Å². The lowest BCUT2D eigenvalue weighted by atomic mass is 9.90. The van der Waals surface area contributed by atoms with E-state index >= 15 is 0 Å². The fourth-order valence-corrected chi connectivity index (χ4v) is 5.50. The van der Waals surface area contributed by atoms with E-state index in [9.17, 15) is 9.59 Å². The topological polar surface area (TPSA) is 40.6 Å². The first-order chi connectivity index (χ1) is 15.0. The quantitative estimate of drug-likeness (QED) is 0.470. The van der Waals surface area contributed by atoms with Crippen molar-refractivity contribution in [3.05, 3.63) is 91.6 Å². The number of rotatable bonds is 5. The second-order valence-corrected chi connectivity index (χ2v) is 9.64. The molecular weight excluding hydrogens is 472 g/mol. The molecule has 1 aliphatic heterocycles. The van der Waals surface area contributed by atoms with Crippen molar-refractivity contribution in [1.29, 1.82) is 0 Å².